The highest BCUT2D eigenvalue weighted by atomic mass is 79.9. The van der Waals surface area contributed by atoms with Crippen LogP contribution >= 0.6 is 15.9 Å². The van der Waals surface area contributed by atoms with Gasteiger partial charge in [-0.15, -0.1) is 0 Å². The van der Waals surface area contributed by atoms with Crippen LogP contribution in [0, 0.1) is 0 Å². The lowest BCUT2D eigenvalue weighted by molar-refractivity contribution is -0.137. The van der Waals surface area contributed by atoms with Crippen molar-refractivity contribution in [3.05, 3.63) is 64.1 Å². The third-order valence-corrected chi connectivity index (χ3v) is 3.93. The molecule has 0 heterocycles. The molecule has 0 aromatic heterocycles. The Labute approximate surface area is 130 Å². The third-order valence-electron chi connectivity index (χ3n) is 3.23. The van der Waals surface area contributed by atoms with Gasteiger partial charge in [-0.1, -0.05) is 37.3 Å². The molecule has 0 aliphatic rings. The van der Waals surface area contributed by atoms with Crippen LogP contribution in [0.1, 0.15) is 30.5 Å². The number of hydrogen-bond donors (Lipinski definition) is 1. The van der Waals surface area contributed by atoms with E-state index in [1.807, 2.05) is 37.3 Å². The maximum Gasteiger partial charge on any atom is 0.416 e. The number of alkyl halides is 3. The first-order valence-electron chi connectivity index (χ1n) is 6.60. The molecule has 5 heteroatoms. The van der Waals surface area contributed by atoms with Crippen LogP contribution in [-0.2, 0) is 6.18 Å². The van der Waals surface area contributed by atoms with Gasteiger partial charge in [-0.2, -0.15) is 13.2 Å². The van der Waals surface area contributed by atoms with Crippen LogP contribution in [0.25, 0.3) is 0 Å². The van der Waals surface area contributed by atoms with Gasteiger partial charge in [-0.05, 0) is 46.1 Å². The molecule has 0 amide bonds. The number of hydrogen-bond acceptors (Lipinski definition) is 1. The lowest BCUT2D eigenvalue weighted by atomic mass is 10.0. The van der Waals surface area contributed by atoms with E-state index in [0.717, 1.165) is 24.1 Å². The molecular weight excluding hydrogens is 343 g/mol. The Bertz CT molecular complexity index is 596. The second kappa shape index (κ2) is 6.52. The van der Waals surface area contributed by atoms with Gasteiger partial charge < -0.3 is 5.32 Å². The highest BCUT2D eigenvalue weighted by molar-refractivity contribution is 9.10. The fourth-order valence-corrected chi connectivity index (χ4v) is 2.47. The molecule has 0 saturated heterocycles. The van der Waals surface area contributed by atoms with Gasteiger partial charge >= 0.3 is 6.18 Å². The Morgan fingerprint density at radius 1 is 1.10 bits per heavy atom. The molecule has 2 aromatic carbocycles. The zero-order valence-electron chi connectivity index (χ0n) is 11.4. The lowest BCUT2D eigenvalue weighted by Crippen LogP contribution is -2.11. The van der Waals surface area contributed by atoms with Gasteiger partial charge in [0.15, 0.2) is 0 Å². The maximum absolute atomic E-state index is 12.8. The first-order chi connectivity index (χ1) is 9.91. The van der Waals surface area contributed by atoms with E-state index < -0.39 is 11.7 Å². The van der Waals surface area contributed by atoms with E-state index in [2.05, 4.69) is 21.2 Å². The van der Waals surface area contributed by atoms with Crippen molar-refractivity contribution in [2.45, 2.75) is 25.6 Å². The topological polar surface area (TPSA) is 12.0 Å². The first kappa shape index (κ1) is 15.9. The zero-order chi connectivity index (χ0) is 15.5. The van der Waals surface area contributed by atoms with Crippen LogP contribution in [0.15, 0.2) is 53.0 Å². The largest absolute Gasteiger partial charge is 0.416 e. The molecule has 0 aliphatic carbocycles. The van der Waals surface area contributed by atoms with Crippen LogP contribution in [0.3, 0.4) is 0 Å². The fraction of sp³-hybridized carbons (Fsp3) is 0.250. The molecule has 112 valence electrons. The SMILES string of the molecule is CCC(Nc1cc(C(F)(F)F)ccc1Br)c1ccccc1. The minimum absolute atomic E-state index is 0.0361. The molecule has 0 saturated carbocycles. The van der Waals surface area contributed by atoms with E-state index in [1.165, 1.54) is 6.07 Å². The smallest absolute Gasteiger partial charge is 0.377 e. The Morgan fingerprint density at radius 2 is 1.76 bits per heavy atom. The van der Waals surface area contributed by atoms with Gasteiger partial charge in [-0.25, -0.2) is 0 Å². The molecule has 21 heavy (non-hydrogen) atoms. The predicted octanol–water partition coefficient (Wildman–Crippen LogP) is 6.03. The molecular formula is C16H15BrF3N. The second-order valence-corrected chi connectivity index (χ2v) is 5.56. The van der Waals surface area contributed by atoms with E-state index in [4.69, 9.17) is 0 Å². The van der Waals surface area contributed by atoms with Crippen molar-refractivity contribution in [2.24, 2.45) is 0 Å². The molecule has 1 nitrogen and oxygen atoms in total. The average molecular weight is 358 g/mol. The van der Waals surface area contributed by atoms with Gasteiger partial charge in [-0.3, -0.25) is 0 Å². The molecule has 2 aromatic rings. The Kier molecular flexibility index (Phi) is 4.93. The highest BCUT2D eigenvalue weighted by Crippen LogP contribution is 2.35. The van der Waals surface area contributed by atoms with Crippen molar-refractivity contribution in [3.8, 4) is 0 Å². The first-order valence-corrected chi connectivity index (χ1v) is 7.39. The minimum Gasteiger partial charge on any atom is -0.377 e. The van der Waals surface area contributed by atoms with Crippen molar-refractivity contribution in [1.82, 2.24) is 0 Å². The molecule has 0 spiro atoms. The van der Waals surface area contributed by atoms with E-state index in [9.17, 15) is 13.2 Å². The molecule has 0 radical (unpaired) electrons. The van der Waals surface area contributed by atoms with Crippen LogP contribution in [-0.4, -0.2) is 0 Å². The average Bonchev–Trinajstić information content (AvgIpc) is 2.46. The number of rotatable bonds is 4. The fourth-order valence-electron chi connectivity index (χ4n) is 2.11. The summed E-state index contributed by atoms with van der Waals surface area (Å²) < 4.78 is 39.0. The number of nitrogens with one attached hydrogen (secondary N) is 1. The van der Waals surface area contributed by atoms with Crippen LogP contribution in [0.4, 0.5) is 18.9 Å². The number of benzene rings is 2. The van der Waals surface area contributed by atoms with Crippen molar-refractivity contribution in [3.63, 3.8) is 0 Å². The molecule has 1 unspecified atom stereocenters. The molecule has 0 aliphatic heterocycles. The summed E-state index contributed by atoms with van der Waals surface area (Å²) in [6.45, 7) is 1.99. The van der Waals surface area contributed by atoms with Crippen molar-refractivity contribution >= 4 is 21.6 Å². The van der Waals surface area contributed by atoms with E-state index in [0.29, 0.717) is 10.2 Å². The molecule has 0 fully saturated rings. The van der Waals surface area contributed by atoms with Crippen LogP contribution < -0.4 is 5.32 Å². The summed E-state index contributed by atoms with van der Waals surface area (Å²) in [5, 5.41) is 3.18. The van der Waals surface area contributed by atoms with Gasteiger partial charge in [0.2, 0.25) is 0 Å². The summed E-state index contributed by atoms with van der Waals surface area (Å²) in [6, 6.07) is 13.3. The normalized spacial score (nSPS) is 13.0. The highest BCUT2D eigenvalue weighted by Gasteiger charge is 2.31. The quantitative estimate of drug-likeness (QED) is 0.704. The van der Waals surface area contributed by atoms with Crippen LogP contribution in [0.2, 0.25) is 0 Å². The predicted molar refractivity (Wildman–Crippen MR) is 82.2 cm³/mol. The Morgan fingerprint density at radius 3 is 2.33 bits per heavy atom. The zero-order valence-corrected chi connectivity index (χ0v) is 13.0. The monoisotopic (exact) mass is 357 g/mol. The van der Waals surface area contributed by atoms with Crippen molar-refractivity contribution in [1.29, 1.82) is 0 Å². The standard InChI is InChI=1S/C16H15BrF3N/c1-2-14(11-6-4-3-5-7-11)21-15-10-12(16(18,19)20)8-9-13(15)17/h3-10,14,21H,2H2,1H3. The Hall–Kier alpha value is -1.49. The van der Waals surface area contributed by atoms with Gasteiger partial charge in [0.25, 0.3) is 0 Å². The van der Waals surface area contributed by atoms with Gasteiger partial charge in [0.1, 0.15) is 0 Å². The summed E-state index contributed by atoms with van der Waals surface area (Å²) >= 11 is 3.30. The summed E-state index contributed by atoms with van der Waals surface area (Å²) in [4.78, 5) is 0. The van der Waals surface area contributed by atoms with Crippen molar-refractivity contribution in [2.75, 3.05) is 5.32 Å². The molecule has 1 atom stereocenters. The van der Waals surface area contributed by atoms with Gasteiger partial charge in [0, 0.05) is 10.2 Å². The minimum atomic E-state index is -4.34. The summed E-state index contributed by atoms with van der Waals surface area (Å²) in [7, 11) is 0. The van der Waals surface area contributed by atoms with Gasteiger partial charge in [0.05, 0.1) is 11.6 Å². The maximum atomic E-state index is 12.8. The lowest BCUT2D eigenvalue weighted by Gasteiger charge is -2.20. The second-order valence-electron chi connectivity index (χ2n) is 4.71. The Balaban J connectivity index is 2.29. The van der Waals surface area contributed by atoms with E-state index in [-0.39, 0.29) is 6.04 Å². The van der Waals surface area contributed by atoms with E-state index >= 15 is 0 Å². The molecule has 2 rings (SSSR count). The summed E-state index contributed by atoms with van der Waals surface area (Å²) in [5.41, 5.74) is 0.834. The van der Waals surface area contributed by atoms with E-state index in [1.54, 1.807) is 0 Å². The summed E-state index contributed by atoms with van der Waals surface area (Å²) in [5.74, 6) is 0. The molecule has 1 N–H and O–H groups in total. The summed E-state index contributed by atoms with van der Waals surface area (Å²) in [6.07, 6.45) is -3.57. The van der Waals surface area contributed by atoms with Crippen LogP contribution in [0.5, 0.6) is 0 Å². The van der Waals surface area contributed by atoms with Crippen molar-refractivity contribution < 1.29 is 13.2 Å². The number of anilines is 1. The molecule has 0 bridgehead atoms. The number of halogens is 4. The third kappa shape index (κ3) is 4.00.